The number of ketones is 1. The summed E-state index contributed by atoms with van der Waals surface area (Å²) in [6, 6.07) is 5.39. The predicted molar refractivity (Wildman–Crippen MR) is 79.3 cm³/mol. The molecule has 1 aliphatic rings. The molecule has 1 aromatic carbocycles. The Morgan fingerprint density at radius 3 is 2.86 bits per heavy atom. The normalized spacial score (nSPS) is 13.8. The van der Waals surface area contributed by atoms with Crippen molar-refractivity contribution in [3.63, 3.8) is 0 Å². The summed E-state index contributed by atoms with van der Waals surface area (Å²) in [6.07, 6.45) is 0. The molecule has 114 valence electrons. The highest BCUT2D eigenvalue weighted by molar-refractivity contribution is 5.99. The second kappa shape index (κ2) is 6.58. The minimum Gasteiger partial charge on any atom is -0.490 e. The van der Waals surface area contributed by atoms with Gasteiger partial charge >= 0.3 is 5.97 Å². The first-order valence-corrected chi connectivity index (χ1v) is 6.97. The zero-order valence-corrected chi connectivity index (χ0v) is 12.3. The first kappa shape index (κ1) is 15.3. The Bertz CT molecular complexity index is 542. The van der Waals surface area contributed by atoms with Gasteiger partial charge in [0, 0.05) is 11.6 Å². The highest BCUT2D eigenvalue weighted by Crippen LogP contribution is 2.32. The highest BCUT2D eigenvalue weighted by Gasteiger charge is 2.21. The van der Waals surface area contributed by atoms with Crippen molar-refractivity contribution in [2.45, 2.75) is 19.9 Å². The molecular weight excluding hydrogens is 272 g/mol. The number of anilines is 1. The zero-order chi connectivity index (χ0) is 15.4. The van der Waals surface area contributed by atoms with Crippen molar-refractivity contribution in [1.82, 2.24) is 5.32 Å². The lowest BCUT2D eigenvalue weighted by Crippen LogP contribution is -2.37. The number of carbonyl (C=O) groups excluding carboxylic acids is 1. The minimum atomic E-state index is -0.902. The van der Waals surface area contributed by atoms with Gasteiger partial charge < -0.3 is 20.1 Å². The topological polar surface area (TPSA) is 78.9 Å². The molecule has 0 atom stereocenters. The maximum atomic E-state index is 12.1. The largest absolute Gasteiger partial charge is 0.490 e. The molecule has 21 heavy (non-hydrogen) atoms. The third-order valence-electron chi connectivity index (χ3n) is 3.24. The molecule has 2 N–H and O–H groups in total. The minimum absolute atomic E-state index is 0.0210. The number of hydrogen-bond acceptors (Lipinski definition) is 5. The van der Waals surface area contributed by atoms with Crippen molar-refractivity contribution >= 4 is 17.4 Å². The summed E-state index contributed by atoms with van der Waals surface area (Å²) in [6.45, 7) is 5.06. The quantitative estimate of drug-likeness (QED) is 0.766. The van der Waals surface area contributed by atoms with Crippen LogP contribution in [-0.4, -0.2) is 49.1 Å². The van der Waals surface area contributed by atoms with Gasteiger partial charge in [0.15, 0.2) is 5.78 Å². The van der Waals surface area contributed by atoms with Gasteiger partial charge in [-0.1, -0.05) is 13.8 Å². The van der Waals surface area contributed by atoms with Crippen LogP contribution < -0.4 is 15.0 Å². The maximum absolute atomic E-state index is 12.1. The monoisotopic (exact) mass is 292 g/mol. The molecule has 0 unspecified atom stereocenters. The van der Waals surface area contributed by atoms with Crippen LogP contribution in [0.25, 0.3) is 0 Å². The lowest BCUT2D eigenvalue weighted by molar-refractivity contribution is -0.135. The molecule has 0 aliphatic carbocycles. The summed E-state index contributed by atoms with van der Waals surface area (Å²) < 4.78 is 5.51. The van der Waals surface area contributed by atoms with Crippen molar-refractivity contribution in [1.29, 1.82) is 0 Å². The zero-order valence-electron chi connectivity index (χ0n) is 12.3. The van der Waals surface area contributed by atoms with Crippen molar-refractivity contribution in [2.75, 3.05) is 31.1 Å². The van der Waals surface area contributed by atoms with Gasteiger partial charge in [-0.15, -0.1) is 0 Å². The van der Waals surface area contributed by atoms with Crippen molar-refractivity contribution < 1.29 is 19.4 Å². The van der Waals surface area contributed by atoms with E-state index in [-0.39, 0.29) is 24.9 Å². The Morgan fingerprint density at radius 1 is 1.43 bits per heavy atom. The van der Waals surface area contributed by atoms with E-state index in [4.69, 9.17) is 9.84 Å². The number of carboxylic acid groups (broad SMARTS) is 1. The van der Waals surface area contributed by atoms with E-state index in [0.717, 1.165) is 0 Å². The number of benzene rings is 1. The number of ether oxygens (including phenoxy) is 1. The molecule has 0 aromatic heterocycles. The van der Waals surface area contributed by atoms with E-state index >= 15 is 0 Å². The average molecular weight is 292 g/mol. The third-order valence-corrected chi connectivity index (χ3v) is 3.24. The number of Topliss-reactive ketones (excluding diaryl/α,β-unsaturated/α-hetero) is 1. The summed E-state index contributed by atoms with van der Waals surface area (Å²) >= 11 is 0. The number of hydrogen-bond donors (Lipinski definition) is 2. The van der Waals surface area contributed by atoms with Crippen LogP contribution in [0.3, 0.4) is 0 Å². The summed E-state index contributed by atoms with van der Waals surface area (Å²) in [4.78, 5) is 24.8. The van der Waals surface area contributed by atoms with Crippen LogP contribution in [0.1, 0.15) is 24.2 Å². The fourth-order valence-electron chi connectivity index (χ4n) is 2.17. The number of nitrogens with zero attached hydrogens (tertiary/aromatic N) is 1. The molecule has 0 radical (unpaired) electrons. The van der Waals surface area contributed by atoms with E-state index in [1.807, 2.05) is 13.8 Å². The summed E-state index contributed by atoms with van der Waals surface area (Å²) in [5, 5.41) is 12.0. The number of carbonyl (C=O) groups is 2. The van der Waals surface area contributed by atoms with Crippen molar-refractivity contribution in [2.24, 2.45) is 0 Å². The van der Waals surface area contributed by atoms with Crippen molar-refractivity contribution in [3.05, 3.63) is 23.8 Å². The number of rotatable bonds is 6. The Labute approximate surface area is 123 Å². The van der Waals surface area contributed by atoms with E-state index in [1.165, 1.54) is 0 Å². The van der Waals surface area contributed by atoms with Crippen LogP contribution in [0, 0.1) is 0 Å². The number of carboxylic acids is 1. The molecule has 0 amide bonds. The Hall–Kier alpha value is -2.08. The first-order valence-electron chi connectivity index (χ1n) is 6.97. The molecule has 6 heteroatoms. The lowest BCUT2D eigenvalue weighted by Gasteiger charge is -2.30. The molecule has 0 saturated heterocycles. The fourth-order valence-corrected chi connectivity index (χ4v) is 2.17. The predicted octanol–water partition coefficient (Wildman–Crippen LogP) is 1.15. The lowest BCUT2D eigenvalue weighted by atomic mass is 10.1. The maximum Gasteiger partial charge on any atom is 0.323 e. The Morgan fingerprint density at radius 2 is 2.19 bits per heavy atom. The van der Waals surface area contributed by atoms with Gasteiger partial charge in [-0.2, -0.15) is 0 Å². The van der Waals surface area contributed by atoms with E-state index in [9.17, 15) is 9.59 Å². The van der Waals surface area contributed by atoms with Gasteiger partial charge in [0.1, 0.15) is 18.9 Å². The highest BCUT2D eigenvalue weighted by atomic mass is 16.5. The molecule has 1 heterocycles. The number of nitrogens with one attached hydrogen (secondary N) is 1. The van der Waals surface area contributed by atoms with Crippen molar-refractivity contribution in [3.8, 4) is 5.75 Å². The van der Waals surface area contributed by atoms with Crippen LogP contribution in [0.4, 0.5) is 5.69 Å². The first-order chi connectivity index (χ1) is 9.97. The summed E-state index contributed by atoms with van der Waals surface area (Å²) in [5.41, 5.74) is 1.22. The fraction of sp³-hybridized carbons (Fsp3) is 0.467. The number of fused-ring (bicyclic) bond motifs is 1. The summed E-state index contributed by atoms with van der Waals surface area (Å²) in [7, 11) is 0. The smallest absolute Gasteiger partial charge is 0.323 e. The molecule has 2 rings (SSSR count). The van der Waals surface area contributed by atoms with Crippen LogP contribution in [0.15, 0.2) is 18.2 Å². The average Bonchev–Trinajstić information content (AvgIpc) is 2.44. The number of aliphatic carboxylic acids is 1. The van der Waals surface area contributed by atoms with Crippen LogP contribution in [0.2, 0.25) is 0 Å². The summed E-state index contributed by atoms with van der Waals surface area (Å²) in [5.74, 6) is -0.302. The van der Waals surface area contributed by atoms with Gasteiger partial charge in [0.2, 0.25) is 0 Å². The van der Waals surface area contributed by atoms with Crippen LogP contribution >= 0.6 is 0 Å². The molecule has 1 aromatic rings. The standard InChI is InChI=1S/C15H20N2O4/c1-10(2)16-8-13(18)11-3-4-14-12(7-11)17(5-6-21-14)9-15(19)20/h3-4,7,10,16H,5-6,8-9H2,1-2H3,(H,19,20). The van der Waals surface area contributed by atoms with Gasteiger partial charge in [-0.25, -0.2) is 0 Å². The van der Waals surface area contributed by atoms with Gasteiger partial charge in [-0.3, -0.25) is 9.59 Å². The molecule has 0 spiro atoms. The molecular formula is C15H20N2O4. The molecule has 0 bridgehead atoms. The van der Waals surface area contributed by atoms with Crippen LogP contribution in [0.5, 0.6) is 5.75 Å². The van der Waals surface area contributed by atoms with Gasteiger partial charge in [0.25, 0.3) is 0 Å². The molecule has 6 nitrogen and oxygen atoms in total. The second-order valence-corrected chi connectivity index (χ2v) is 5.31. The Kier molecular flexibility index (Phi) is 4.80. The van der Waals surface area contributed by atoms with E-state index < -0.39 is 5.97 Å². The van der Waals surface area contributed by atoms with Crippen LogP contribution in [-0.2, 0) is 4.79 Å². The van der Waals surface area contributed by atoms with E-state index in [0.29, 0.717) is 30.2 Å². The molecule has 1 aliphatic heterocycles. The van der Waals surface area contributed by atoms with Gasteiger partial charge in [-0.05, 0) is 18.2 Å². The molecule has 0 saturated carbocycles. The SMILES string of the molecule is CC(C)NCC(=O)c1ccc2c(c1)N(CC(=O)O)CCO2. The molecule has 0 fully saturated rings. The second-order valence-electron chi connectivity index (χ2n) is 5.31. The van der Waals surface area contributed by atoms with E-state index in [1.54, 1.807) is 23.1 Å². The van der Waals surface area contributed by atoms with Gasteiger partial charge in [0.05, 0.1) is 18.8 Å². The van der Waals surface area contributed by atoms with E-state index in [2.05, 4.69) is 5.32 Å². The third kappa shape index (κ3) is 3.95. The Balaban J connectivity index is 2.19.